The van der Waals surface area contributed by atoms with Crippen LogP contribution in [0.4, 0.5) is 10.1 Å². The van der Waals surface area contributed by atoms with Gasteiger partial charge < -0.3 is 10.1 Å². The third-order valence-electron chi connectivity index (χ3n) is 4.02. The summed E-state index contributed by atoms with van der Waals surface area (Å²) in [6.45, 7) is 2.07. The molecule has 0 radical (unpaired) electrons. The van der Waals surface area contributed by atoms with Crippen LogP contribution >= 0.6 is 0 Å². The lowest BCUT2D eigenvalue weighted by atomic mass is 10.2. The highest BCUT2D eigenvalue weighted by Crippen LogP contribution is 2.19. The molecule has 0 aliphatic rings. The first-order valence-electron chi connectivity index (χ1n) is 8.55. The Morgan fingerprint density at radius 2 is 2.04 bits per heavy atom. The Labute approximate surface area is 159 Å². The molecule has 0 saturated heterocycles. The van der Waals surface area contributed by atoms with Gasteiger partial charge in [0.1, 0.15) is 18.2 Å². The van der Waals surface area contributed by atoms with E-state index < -0.39 is 5.91 Å². The van der Waals surface area contributed by atoms with Gasteiger partial charge in [-0.2, -0.15) is 4.98 Å². The van der Waals surface area contributed by atoms with Crippen molar-refractivity contribution in [2.24, 2.45) is 0 Å². The predicted molar refractivity (Wildman–Crippen MR) is 101 cm³/mol. The lowest BCUT2D eigenvalue weighted by Gasteiger charge is -2.08. The maximum atomic E-state index is 13.2. The molecule has 0 bridgehead atoms. The Morgan fingerprint density at radius 1 is 1.18 bits per heavy atom. The lowest BCUT2D eigenvalue weighted by Crippen LogP contribution is -2.14. The van der Waals surface area contributed by atoms with Crippen molar-refractivity contribution in [3.63, 3.8) is 0 Å². The molecule has 0 unspecified atom stereocenters. The first-order chi connectivity index (χ1) is 13.6. The van der Waals surface area contributed by atoms with E-state index in [2.05, 4.69) is 20.4 Å². The van der Waals surface area contributed by atoms with Crippen molar-refractivity contribution in [2.75, 3.05) is 5.32 Å². The van der Waals surface area contributed by atoms with Crippen LogP contribution in [0.5, 0.6) is 5.75 Å². The summed E-state index contributed by atoms with van der Waals surface area (Å²) < 4.78 is 20.4. The number of aromatic nitrogens is 4. The Balaban J connectivity index is 1.46. The molecule has 7 nitrogen and oxygen atoms in total. The maximum Gasteiger partial charge on any atom is 0.295 e. The summed E-state index contributed by atoms with van der Waals surface area (Å²) in [4.78, 5) is 20.7. The van der Waals surface area contributed by atoms with E-state index in [-0.39, 0.29) is 18.2 Å². The molecule has 0 aliphatic carbocycles. The number of aryl methyl sites for hydroxylation is 1. The van der Waals surface area contributed by atoms with Gasteiger partial charge in [0.15, 0.2) is 0 Å². The van der Waals surface area contributed by atoms with Crippen molar-refractivity contribution < 1.29 is 13.9 Å². The van der Waals surface area contributed by atoms with E-state index in [1.807, 2.05) is 6.92 Å². The number of anilines is 1. The Bertz CT molecular complexity index is 1160. The fraction of sp³-hybridized carbons (Fsp3) is 0.100. The van der Waals surface area contributed by atoms with Gasteiger partial charge in [-0.1, -0.05) is 18.2 Å². The second-order valence-corrected chi connectivity index (χ2v) is 6.13. The molecular weight excluding hydrogens is 361 g/mol. The Morgan fingerprint density at radius 3 is 2.86 bits per heavy atom. The number of halogens is 1. The van der Waals surface area contributed by atoms with Crippen LogP contribution in [-0.4, -0.2) is 25.5 Å². The highest BCUT2D eigenvalue weighted by Gasteiger charge is 2.14. The van der Waals surface area contributed by atoms with Crippen LogP contribution in [-0.2, 0) is 6.61 Å². The number of carbonyl (C=O) groups excluding carboxylic acids is 1. The number of fused-ring (bicyclic) bond motifs is 1. The Kier molecular flexibility index (Phi) is 4.67. The van der Waals surface area contributed by atoms with Gasteiger partial charge in [0, 0.05) is 23.6 Å². The van der Waals surface area contributed by atoms with Crippen molar-refractivity contribution in [1.82, 2.24) is 19.6 Å². The van der Waals surface area contributed by atoms with Crippen LogP contribution in [0.25, 0.3) is 5.78 Å². The van der Waals surface area contributed by atoms with Crippen molar-refractivity contribution in [2.45, 2.75) is 13.5 Å². The fourth-order valence-corrected chi connectivity index (χ4v) is 2.65. The SMILES string of the molecule is Cc1ccnc2nc(C(=O)Nc3cccc(OCc4cccc(F)c4)c3)nn12. The number of rotatable bonds is 5. The zero-order valence-electron chi connectivity index (χ0n) is 15.0. The van der Waals surface area contributed by atoms with Gasteiger partial charge in [-0.3, -0.25) is 4.79 Å². The zero-order valence-corrected chi connectivity index (χ0v) is 15.0. The van der Waals surface area contributed by atoms with Crippen LogP contribution in [0, 0.1) is 12.7 Å². The summed E-state index contributed by atoms with van der Waals surface area (Å²) in [5, 5.41) is 6.92. The molecule has 0 fully saturated rings. The van der Waals surface area contributed by atoms with E-state index in [0.29, 0.717) is 22.8 Å². The van der Waals surface area contributed by atoms with Crippen LogP contribution in [0.3, 0.4) is 0 Å². The van der Waals surface area contributed by atoms with Crippen LogP contribution in [0.15, 0.2) is 60.8 Å². The smallest absolute Gasteiger partial charge is 0.295 e. The summed E-state index contributed by atoms with van der Waals surface area (Å²) in [5.74, 6) is 0.159. The molecule has 0 aliphatic heterocycles. The molecule has 2 aromatic carbocycles. The first-order valence-corrected chi connectivity index (χ1v) is 8.55. The molecule has 1 amide bonds. The third-order valence-corrected chi connectivity index (χ3v) is 4.02. The number of ether oxygens (including phenoxy) is 1. The normalized spacial score (nSPS) is 10.8. The molecular formula is C20H16FN5O2. The van der Waals surface area contributed by atoms with Gasteiger partial charge in [-0.15, -0.1) is 5.10 Å². The number of hydrogen-bond donors (Lipinski definition) is 1. The summed E-state index contributed by atoms with van der Waals surface area (Å²) in [6, 6.07) is 14.9. The Hall–Kier alpha value is -3.81. The molecule has 4 aromatic rings. The standard InChI is InChI=1S/C20H16FN5O2/c1-13-8-9-22-20-24-18(25-26(13)20)19(27)23-16-6-3-7-17(11-16)28-12-14-4-2-5-15(21)10-14/h2-11H,12H2,1H3,(H,23,27). The van der Waals surface area contributed by atoms with Gasteiger partial charge >= 0.3 is 0 Å². The van der Waals surface area contributed by atoms with Crippen molar-refractivity contribution in [1.29, 1.82) is 0 Å². The van der Waals surface area contributed by atoms with Gasteiger partial charge in [0.2, 0.25) is 5.82 Å². The van der Waals surface area contributed by atoms with E-state index in [4.69, 9.17) is 4.74 Å². The highest BCUT2D eigenvalue weighted by atomic mass is 19.1. The molecule has 8 heteroatoms. The molecule has 140 valence electrons. The number of carbonyl (C=O) groups is 1. The molecule has 0 atom stereocenters. The van der Waals surface area contributed by atoms with E-state index in [0.717, 1.165) is 5.69 Å². The van der Waals surface area contributed by atoms with Crippen LogP contribution in [0.1, 0.15) is 21.9 Å². The van der Waals surface area contributed by atoms with Gasteiger partial charge in [0.25, 0.3) is 11.7 Å². The minimum Gasteiger partial charge on any atom is -0.489 e. The summed E-state index contributed by atoms with van der Waals surface area (Å²) >= 11 is 0. The van der Waals surface area contributed by atoms with Gasteiger partial charge in [-0.05, 0) is 42.8 Å². The zero-order chi connectivity index (χ0) is 19.5. The summed E-state index contributed by atoms with van der Waals surface area (Å²) in [7, 11) is 0. The number of benzene rings is 2. The van der Waals surface area contributed by atoms with Gasteiger partial charge in [-0.25, -0.2) is 13.9 Å². The van der Waals surface area contributed by atoms with Crippen molar-refractivity contribution >= 4 is 17.4 Å². The number of nitrogens with zero attached hydrogens (tertiary/aromatic N) is 4. The second kappa shape index (κ2) is 7.43. The van der Waals surface area contributed by atoms with E-state index in [1.54, 1.807) is 48.7 Å². The molecule has 2 heterocycles. The quantitative estimate of drug-likeness (QED) is 0.576. The van der Waals surface area contributed by atoms with Crippen molar-refractivity contribution in [3.8, 4) is 5.75 Å². The molecule has 1 N–H and O–H groups in total. The molecule has 0 spiro atoms. The molecule has 4 rings (SSSR count). The molecule has 2 aromatic heterocycles. The van der Waals surface area contributed by atoms with E-state index in [9.17, 15) is 9.18 Å². The van der Waals surface area contributed by atoms with E-state index in [1.165, 1.54) is 16.6 Å². The fourth-order valence-electron chi connectivity index (χ4n) is 2.65. The molecule has 28 heavy (non-hydrogen) atoms. The number of nitrogens with one attached hydrogen (secondary N) is 1. The second-order valence-electron chi connectivity index (χ2n) is 6.13. The largest absolute Gasteiger partial charge is 0.489 e. The predicted octanol–water partition coefficient (Wildman–Crippen LogP) is 3.40. The monoisotopic (exact) mass is 377 g/mol. The minimum atomic E-state index is -0.452. The van der Waals surface area contributed by atoms with Crippen molar-refractivity contribution in [3.05, 3.63) is 83.7 Å². The van der Waals surface area contributed by atoms with Gasteiger partial charge in [0.05, 0.1) is 0 Å². The first kappa shape index (κ1) is 17.6. The van der Waals surface area contributed by atoms with E-state index >= 15 is 0 Å². The molecule has 0 saturated carbocycles. The summed E-state index contributed by atoms with van der Waals surface area (Å²) in [5.41, 5.74) is 2.07. The van der Waals surface area contributed by atoms with Crippen LogP contribution in [0.2, 0.25) is 0 Å². The topological polar surface area (TPSA) is 81.4 Å². The average molecular weight is 377 g/mol. The summed E-state index contributed by atoms with van der Waals surface area (Å²) in [6.07, 6.45) is 1.61. The number of hydrogen-bond acceptors (Lipinski definition) is 5. The average Bonchev–Trinajstić information content (AvgIpc) is 3.13. The minimum absolute atomic E-state index is 0.0212. The van der Waals surface area contributed by atoms with Crippen LogP contribution < -0.4 is 10.1 Å². The lowest BCUT2D eigenvalue weighted by molar-refractivity contribution is 0.101. The number of amides is 1. The third kappa shape index (κ3) is 3.80. The maximum absolute atomic E-state index is 13.2. The highest BCUT2D eigenvalue weighted by molar-refractivity contribution is 6.01.